The predicted molar refractivity (Wildman–Crippen MR) is 78.9 cm³/mol. The van der Waals surface area contributed by atoms with Crippen molar-refractivity contribution >= 4 is 45.0 Å². The van der Waals surface area contributed by atoms with E-state index in [9.17, 15) is 0 Å². The van der Waals surface area contributed by atoms with Gasteiger partial charge in [-0.25, -0.2) is 0 Å². The van der Waals surface area contributed by atoms with Gasteiger partial charge in [0.25, 0.3) is 0 Å². The van der Waals surface area contributed by atoms with Gasteiger partial charge in [0.2, 0.25) is 5.06 Å². The lowest BCUT2D eigenvalue weighted by Crippen LogP contribution is -1.81. The molecule has 2 aromatic carbocycles. The van der Waals surface area contributed by atoms with Crippen LogP contribution in [0.2, 0.25) is 0 Å². The third-order valence-corrected chi connectivity index (χ3v) is 3.85. The first kappa shape index (κ1) is 11.0. The predicted octanol–water partition coefficient (Wildman–Crippen LogP) is 4.69. The standard InChI is InChI=1S/C13H8INOS/c14-9-5-7-10(8-6-9)16-13-11-3-1-2-4-12(11)15-17-13/h1-8H. The molecule has 0 fully saturated rings. The quantitative estimate of drug-likeness (QED) is 0.624. The molecule has 0 atom stereocenters. The molecule has 84 valence electrons. The highest BCUT2D eigenvalue weighted by Crippen LogP contribution is 2.33. The Kier molecular flexibility index (Phi) is 2.98. The molecule has 0 aliphatic carbocycles. The van der Waals surface area contributed by atoms with E-state index < -0.39 is 0 Å². The van der Waals surface area contributed by atoms with Crippen molar-refractivity contribution in [1.82, 2.24) is 4.37 Å². The Morgan fingerprint density at radius 3 is 2.59 bits per heavy atom. The Hall–Kier alpha value is -1.14. The van der Waals surface area contributed by atoms with Crippen LogP contribution in [0.5, 0.6) is 10.8 Å². The van der Waals surface area contributed by atoms with E-state index in [2.05, 4.69) is 27.0 Å². The van der Waals surface area contributed by atoms with Crippen LogP contribution < -0.4 is 4.74 Å². The summed E-state index contributed by atoms with van der Waals surface area (Å²) in [5.41, 5.74) is 0.984. The summed E-state index contributed by atoms with van der Waals surface area (Å²) in [6, 6.07) is 16.0. The van der Waals surface area contributed by atoms with E-state index in [0.29, 0.717) is 0 Å². The van der Waals surface area contributed by atoms with Crippen molar-refractivity contribution in [1.29, 1.82) is 0 Å². The fraction of sp³-hybridized carbons (Fsp3) is 0. The molecule has 0 saturated heterocycles. The Labute approximate surface area is 117 Å². The molecule has 1 aromatic heterocycles. The molecule has 0 unspecified atom stereocenters. The van der Waals surface area contributed by atoms with Crippen molar-refractivity contribution in [3.05, 3.63) is 52.1 Å². The van der Waals surface area contributed by atoms with Crippen molar-refractivity contribution in [3.63, 3.8) is 0 Å². The zero-order valence-corrected chi connectivity index (χ0v) is 11.7. The average Bonchev–Trinajstić information content (AvgIpc) is 2.76. The van der Waals surface area contributed by atoms with Crippen molar-refractivity contribution in [2.45, 2.75) is 0 Å². The number of aromatic nitrogens is 1. The summed E-state index contributed by atoms with van der Waals surface area (Å²) in [7, 11) is 0. The monoisotopic (exact) mass is 353 g/mol. The normalized spacial score (nSPS) is 10.6. The smallest absolute Gasteiger partial charge is 0.207 e. The molecule has 1 heterocycles. The van der Waals surface area contributed by atoms with Gasteiger partial charge in [0.1, 0.15) is 5.75 Å². The molecule has 0 N–H and O–H groups in total. The molecule has 0 spiro atoms. The van der Waals surface area contributed by atoms with Gasteiger partial charge in [0.05, 0.1) is 10.9 Å². The summed E-state index contributed by atoms with van der Waals surface area (Å²) in [6.45, 7) is 0. The number of ether oxygens (including phenoxy) is 1. The van der Waals surface area contributed by atoms with Crippen LogP contribution in [0.25, 0.3) is 10.9 Å². The summed E-state index contributed by atoms with van der Waals surface area (Å²) >= 11 is 3.66. The molecule has 0 aliphatic heterocycles. The van der Waals surface area contributed by atoms with Crippen molar-refractivity contribution in [3.8, 4) is 10.8 Å². The molecule has 4 heteroatoms. The van der Waals surface area contributed by atoms with Gasteiger partial charge >= 0.3 is 0 Å². The number of benzene rings is 2. The van der Waals surface area contributed by atoms with Gasteiger partial charge < -0.3 is 4.74 Å². The largest absolute Gasteiger partial charge is 0.444 e. The number of halogens is 1. The van der Waals surface area contributed by atoms with Gasteiger partial charge in [-0.3, -0.25) is 0 Å². The molecule has 17 heavy (non-hydrogen) atoms. The van der Waals surface area contributed by atoms with Crippen LogP contribution in [0.4, 0.5) is 0 Å². The Morgan fingerprint density at radius 1 is 1.00 bits per heavy atom. The summed E-state index contributed by atoms with van der Waals surface area (Å²) in [5, 5.41) is 1.91. The Bertz CT molecular complexity index is 648. The topological polar surface area (TPSA) is 22.1 Å². The van der Waals surface area contributed by atoms with Crippen LogP contribution in [-0.4, -0.2) is 4.37 Å². The van der Waals surface area contributed by atoms with Crippen LogP contribution in [0.15, 0.2) is 48.5 Å². The highest BCUT2D eigenvalue weighted by atomic mass is 127. The molecule has 0 radical (unpaired) electrons. The second-order valence-corrected chi connectivity index (χ2v) is 5.52. The van der Waals surface area contributed by atoms with Gasteiger partial charge in [-0.2, -0.15) is 4.37 Å². The number of nitrogens with zero attached hydrogens (tertiary/aromatic N) is 1. The molecule has 3 aromatic rings. The molecule has 0 aliphatic rings. The molecular formula is C13H8INOS. The van der Waals surface area contributed by atoms with E-state index in [4.69, 9.17) is 4.74 Å². The molecule has 2 nitrogen and oxygen atoms in total. The summed E-state index contributed by atoms with van der Waals surface area (Å²) in [6.07, 6.45) is 0. The lowest BCUT2D eigenvalue weighted by atomic mass is 10.2. The van der Waals surface area contributed by atoms with Gasteiger partial charge in [-0.1, -0.05) is 12.1 Å². The van der Waals surface area contributed by atoms with E-state index in [1.54, 1.807) is 0 Å². The van der Waals surface area contributed by atoms with Crippen LogP contribution in [-0.2, 0) is 0 Å². The van der Waals surface area contributed by atoms with Gasteiger partial charge in [-0.15, -0.1) is 0 Å². The number of hydrogen-bond acceptors (Lipinski definition) is 3. The maximum atomic E-state index is 5.84. The van der Waals surface area contributed by atoms with Crippen LogP contribution >= 0.6 is 34.1 Å². The summed E-state index contributed by atoms with van der Waals surface area (Å²) in [5.74, 6) is 0.847. The van der Waals surface area contributed by atoms with E-state index in [-0.39, 0.29) is 0 Å². The summed E-state index contributed by atoms with van der Waals surface area (Å²) in [4.78, 5) is 0. The fourth-order valence-electron chi connectivity index (χ4n) is 1.55. The maximum Gasteiger partial charge on any atom is 0.207 e. The molecular weight excluding hydrogens is 345 g/mol. The van der Waals surface area contributed by atoms with Crippen molar-refractivity contribution in [2.75, 3.05) is 0 Å². The first-order valence-electron chi connectivity index (χ1n) is 5.11. The second-order valence-electron chi connectivity index (χ2n) is 3.54. The average molecular weight is 353 g/mol. The molecule has 3 rings (SSSR count). The Morgan fingerprint density at radius 2 is 1.76 bits per heavy atom. The van der Waals surface area contributed by atoms with Crippen LogP contribution in [0.1, 0.15) is 0 Å². The third-order valence-electron chi connectivity index (χ3n) is 2.38. The van der Waals surface area contributed by atoms with E-state index in [1.807, 2.05) is 48.5 Å². The van der Waals surface area contributed by atoms with Gasteiger partial charge in [0.15, 0.2) is 0 Å². The van der Waals surface area contributed by atoms with E-state index in [1.165, 1.54) is 15.1 Å². The number of fused-ring (bicyclic) bond motifs is 1. The lowest BCUT2D eigenvalue weighted by molar-refractivity contribution is 0.501. The van der Waals surface area contributed by atoms with E-state index in [0.717, 1.165) is 21.7 Å². The highest BCUT2D eigenvalue weighted by molar-refractivity contribution is 14.1. The fourth-order valence-corrected chi connectivity index (χ4v) is 2.65. The lowest BCUT2D eigenvalue weighted by Gasteiger charge is -2.02. The van der Waals surface area contributed by atoms with Crippen LogP contribution in [0, 0.1) is 3.57 Å². The first-order chi connectivity index (χ1) is 8.33. The first-order valence-corrected chi connectivity index (χ1v) is 6.96. The number of rotatable bonds is 2. The van der Waals surface area contributed by atoms with Gasteiger partial charge in [-0.05, 0) is 59.0 Å². The van der Waals surface area contributed by atoms with Gasteiger partial charge in [0, 0.05) is 15.1 Å². The van der Waals surface area contributed by atoms with Crippen LogP contribution in [0.3, 0.4) is 0 Å². The number of hydrogen-bond donors (Lipinski definition) is 0. The second kappa shape index (κ2) is 4.62. The SMILES string of the molecule is Ic1ccc(Oc2snc3ccccc23)cc1. The minimum Gasteiger partial charge on any atom is -0.444 e. The highest BCUT2D eigenvalue weighted by Gasteiger charge is 2.07. The minimum atomic E-state index is 0.847. The molecule has 0 saturated carbocycles. The van der Waals surface area contributed by atoms with Crippen molar-refractivity contribution < 1.29 is 4.74 Å². The zero-order valence-electron chi connectivity index (χ0n) is 8.76. The Balaban J connectivity index is 1.97. The third kappa shape index (κ3) is 2.28. The molecule has 0 amide bonds. The van der Waals surface area contributed by atoms with Crippen molar-refractivity contribution in [2.24, 2.45) is 0 Å². The zero-order chi connectivity index (χ0) is 11.7. The van der Waals surface area contributed by atoms with E-state index >= 15 is 0 Å². The maximum absolute atomic E-state index is 5.84. The summed E-state index contributed by atoms with van der Waals surface area (Å²) < 4.78 is 11.4. The molecule has 0 bridgehead atoms. The minimum absolute atomic E-state index is 0.847.